The summed E-state index contributed by atoms with van der Waals surface area (Å²) >= 11 is 5.64. The van der Waals surface area contributed by atoms with Crippen molar-refractivity contribution in [2.24, 2.45) is 0 Å². The summed E-state index contributed by atoms with van der Waals surface area (Å²) in [5.74, 6) is 0.0897. The average molecular weight is 480 g/mol. The monoisotopic (exact) mass is 479 g/mol. The molecule has 0 radical (unpaired) electrons. The Kier molecular flexibility index (Phi) is 6.93. The summed E-state index contributed by atoms with van der Waals surface area (Å²) in [5.41, 5.74) is 2.67. The molecule has 1 aliphatic heterocycles. The van der Waals surface area contributed by atoms with Crippen LogP contribution in [0.3, 0.4) is 0 Å². The van der Waals surface area contributed by atoms with E-state index in [2.05, 4.69) is 10.3 Å². The molecule has 0 saturated carbocycles. The highest BCUT2D eigenvalue weighted by atomic mass is 32.1. The molecule has 34 heavy (non-hydrogen) atoms. The first kappa shape index (κ1) is 23.4. The van der Waals surface area contributed by atoms with E-state index in [9.17, 15) is 14.7 Å². The Hall–Kier alpha value is -3.72. The van der Waals surface area contributed by atoms with Gasteiger partial charge in [0.25, 0.3) is 0 Å². The number of esters is 1. The van der Waals surface area contributed by atoms with Gasteiger partial charge in [0.15, 0.2) is 5.11 Å². The number of nitrogens with zero attached hydrogens (tertiary/aromatic N) is 2. The molecule has 2 aromatic heterocycles. The fraction of sp³-hybridized carbons (Fsp3) is 0.280. The number of furan rings is 1. The van der Waals surface area contributed by atoms with Gasteiger partial charge in [0.2, 0.25) is 0 Å². The van der Waals surface area contributed by atoms with Crippen molar-refractivity contribution in [2.45, 2.75) is 31.8 Å². The minimum absolute atomic E-state index is 0.227. The molecule has 1 aromatic carbocycles. The lowest BCUT2D eigenvalue weighted by atomic mass is 10.0. The zero-order valence-corrected chi connectivity index (χ0v) is 19.7. The van der Waals surface area contributed by atoms with Crippen LogP contribution in [0, 0.1) is 6.92 Å². The van der Waals surface area contributed by atoms with Crippen molar-refractivity contribution in [2.75, 3.05) is 13.7 Å². The Morgan fingerprint density at radius 3 is 2.74 bits per heavy atom. The third-order valence-corrected chi connectivity index (χ3v) is 6.21. The van der Waals surface area contributed by atoms with Gasteiger partial charge in [-0.25, -0.2) is 4.79 Å². The zero-order chi connectivity index (χ0) is 24.2. The molecular weight excluding hydrogens is 454 g/mol. The summed E-state index contributed by atoms with van der Waals surface area (Å²) in [6.07, 6.45) is 2.59. The van der Waals surface area contributed by atoms with Crippen LogP contribution in [0.25, 0.3) is 11.3 Å². The minimum Gasteiger partial charge on any atom is -0.478 e. The molecule has 1 fully saturated rings. The normalized spacial score (nSPS) is 17.5. The molecular formula is C25H25N3O5S. The molecule has 2 atom stereocenters. The highest BCUT2D eigenvalue weighted by molar-refractivity contribution is 7.80. The third-order valence-electron chi connectivity index (χ3n) is 5.86. The second-order valence-corrected chi connectivity index (χ2v) is 8.42. The number of hydrogen-bond donors (Lipinski definition) is 2. The second kappa shape index (κ2) is 10.0. The summed E-state index contributed by atoms with van der Waals surface area (Å²) in [7, 11) is 1.37. The molecule has 0 amide bonds. The minimum atomic E-state index is -0.971. The fourth-order valence-corrected chi connectivity index (χ4v) is 4.51. The van der Waals surface area contributed by atoms with Crippen molar-refractivity contribution in [1.82, 2.24) is 15.2 Å². The first-order chi connectivity index (χ1) is 16.4. The van der Waals surface area contributed by atoms with Crippen LogP contribution in [0.5, 0.6) is 0 Å². The number of aromatic nitrogens is 1. The van der Waals surface area contributed by atoms with Crippen LogP contribution in [0.15, 0.2) is 59.1 Å². The maximum atomic E-state index is 11.6. The molecule has 0 unspecified atom stereocenters. The maximum absolute atomic E-state index is 11.6. The highest BCUT2D eigenvalue weighted by Gasteiger charge is 2.41. The number of rotatable bonds is 8. The maximum Gasteiger partial charge on any atom is 0.335 e. The van der Waals surface area contributed by atoms with E-state index in [1.807, 2.05) is 42.2 Å². The second-order valence-electron chi connectivity index (χ2n) is 8.04. The van der Waals surface area contributed by atoms with E-state index in [0.717, 1.165) is 16.8 Å². The number of nitrogens with one attached hydrogen (secondary N) is 1. The lowest BCUT2D eigenvalue weighted by Crippen LogP contribution is -2.30. The lowest BCUT2D eigenvalue weighted by molar-refractivity contribution is -0.140. The van der Waals surface area contributed by atoms with Gasteiger partial charge in [0.05, 0.1) is 24.4 Å². The average Bonchev–Trinajstić information content (AvgIpc) is 3.44. The van der Waals surface area contributed by atoms with Gasteiger partial charge in [-0.15, -0.1) is 0 Å². The number of carbonyl (C=O) groups excluding carboxylic acids is 1. The van der Waals surface area contributed by atoms with Crippen LogP contribution >= 0.6 is 12.2 Å². The number of aromatic carboxylic acids is 1. The molecule has 1 saturated heterocycles. The van der Waals surface area contributed by atoms with Gasteiger partial charge in [-0.1, -0.05) is 12.1 Å². The van der Waals surface area contributed by atoms with E-state index in [-0.39, 0.29) is 30.0 Å². The Morgan fingerprint density at radius 1 is 1.24 bits per heavy atom. The van der Waals surface area contributed by atoms with Crippen molar-refractivity contribution in [3.05, 3.63) is 77.3 Å². The molecule has 0 bridgehead atoms. The topological polar surface area (TPSA) is 105 Å². The number of carboxylic acids is 1. The van der Waals surface area contributed by atoms with Gasteiger partial charge < -0.3 is 24.5 Å². The molecule has 8 nitrogen and oxygen atoms in total. The van der Waals surface area contributed by atoms with E-state index in [1.54, 1.807) is 24.4 Å². The Labute approximate surface area is 202 Å². The largest absolute Gasteiger partial charge is 0.478 e. The highest BCUT2D eigenvalue weighted by Crippen LogP contribution is 2.41. The third kappa shape index (κ3) is 4.79. The number of benzene rings is 1. The molecule has 3 aromatic rings. The number of aryl methyl sites for hydroxylation is 1. The fourth-order valence-electron chi connectivity index (χ4n) is 4.18. The number of pyridine rings is 1. The Balaban J connectivity index is 1.66. The van der Waals surface area contributed by atoms with Crippen molar-refractivity contribution in [3.63, 3.8) is 0 Å². The molecule has 4 rings (SSSR count). The molecule has 9 heteroatoms. The summed E-state index contributed by atoms with van der Waals surface area (Å²) in [4.78, 5) is 29.4. The van der Waals surface area contributed by atoms with E-state index in [1.165, 1.54) is 7.11 Å². The predicted molar refractivity (Wildman–Crippen MR) is 129 cm³/mol. The van der Waals surface area contributed by atoms with Gasteiger partial charge in [-0.05, 0) is 67.5 Å². The van der Waals surface area contributed by atoms with Crippen LogP contribution in [-0.2, 0) is 9.53 Å². The summed E-state index contributed by atoms with van der Waals surface area (Å²) in [5, 5.41) is 13.2. The van der Waals surface area contributed by atoms with Crippen LogP contribution in [0.1, 0.15) is 52.3 Å². The van der Waals surface area contributed by atoms with E-state index >= 15 is 0 Å². The molecule has 3 heterocycles. The van der Waals surface area contributed by atoms with Crippen LogP contribution < -0.4 is 5.32 Å². The van der Waals surface area contributed by atoms with Crippen molar-refractivity contribution in [3.8, 4) is 11.3 Å². The van der Waals surface area contributed by atoms with Crippen molar-refractivity contribution < 1.29 is 23.8 Å². The van der Waals surface area contributed by atoms with Crippen LogP contribution in [0.4, 0.5) is 0 Å². The van der Waals surface area contributed by atoms with E-state index in [0.29, 0.717) is 29.6 Å². The van der Waals surface area contributed by atoms with E-state index < -0.39 is 5.97 Å². The van der Waals surface area contributed by atoms with Gasteiger partial charge in [0.1, 0.15) is 17.6 Å². The summed E-state index contributed by atoms with van der Waals surface area (Å²) in [6.45, 7) is 2.39. The Bertz CT molecular complexity index is 1210. The number of ether oxygens (including phenoxy) is 1. The number of methoxy groups -OCH3 is 1. The zero-order valence-electron chi connectivity index (χ0n) is 18.9. The molecule has 0 aliphatic carbocycles. The van der Waals surface area contributed by atoms with Crippen LogP contribution in [-0.4, -0.2) is 45.7 Å². The Morgan fingerprint density at radius 2 is 2.06 bits per heavy atom. The van der Waals surface area contributed by atoms with Crippen molar-refractivity contribution in [1.29, 1.82) is 0 Å². The number of carbonyl (C=O) groups is 2. The molecule has 176 valence electrons. The quantitative estimate of drug-likeness (QED) is 0.362. The standard InChI is InChI=1S/C25H25N3O5S/c1-15-14-16(24(30)31)8-9-17(15)19-10-11-20(33-19)23-22(18-6-3-4-12-26-18)27-25(34)28(23)13-5-7-21(29)32-2/h3-4,6,8-12,14,22-23H,5,7,13H2,1-2H3,(H,27,34)(H,30,31)/t22-,23-/m0/s1. The lowest BCUT2D eigenvalue weighted by Gasteiger charge is -2.26. The first-order valence-corrected chi connectivity index (χ1v) is 11.3. The van der Waals surface area contributed by atoms with Gasteiger partial charge in [0, 0.05) is 24.7 Å². The first-order valence-electron chi connectivity index (χ1n) is 10.9. The predicted octanol–water partition coefficient (Wildman–Crippen LogP) is 4.27. The number of hydrogen-bond acceptors (Lipinski definition) is 6. The molecule has 2 N–H and O–H groups in total. The number of carboxylic acid groups (broad SMARTS) is 1. The summed E-state index contributed by atoms with van der Waals surface area (Å²) < 4.78 is 11.1. The van der Waals surface area contributed by atoms with Gasteiger partial charge in [-0.3, -0.25) is 9.78 Å². The smallest absolute Gasteiger partial charge is 0.335 e. The molecule has 0 spiro atoms. The van der Waals surface area contributed by atoms with Crippen LogP contribution in [0.2, 0.25) is 0 Å². The van der Waals surface area contributed by atoms with Crippen molar-refractivity contribution >= 4 is 29.3 Å². The van der Waals surface area contributed by atoms with Gasteiger partial charge >= 0.3 is 11.9 Å². The van der Waals surface area contributed by atoms with Gasteiger partial charge in [-0.2, -0.15) is 0 Å². The number of thiocarbonyl (C=S) groups is 1. The van der Waals surface area contributed by atoms with E-state index in [4.69, 9.17) is 21.4 Å². The molecule has 1 aliphatic rings. The SMILES string of the molecule is COC(=O)CCCN1C(=S)N[C@@H](c2ccccn2)[C@@H]1c1ccc(-c2ccc(C(=O)O)cc2C)o1. The summed E-state index contributed by atoms with van der Waals surface area (Å²) in [6, 6.07) is 13.9.